The quantitative estimate of drug-likeness (QED) is 0.813. The molecule has 0 spiro atoms. The van der Waals surface area contributed by atoms with Crippen LogP contribution in [0, 0.1) is 0 Å². The third kappa shape index (κ3) is 6.00. The molecular weight excluding hydrogens is 285 g/mol. The van der Waals surface area contributed by atoms with Crippen LogP contribution < -0.4 is 10.1 Å². The van der Waals surface area contributed by atoms with Gasteiger partial charge in [0, 0.05) is 11.1 Å². The molecule has 0 saturated carbocycles. The number of rotatable bonds is 7. The van der Waals surface area contributed by atoms with E-state index in [4.69, 9.17) is 27.9 Å². The highest BCUT2D eigenvalue weighted by molar-refractivity contribution is 6.34. The number of aliphatic hydroxyl groups is 1. The third-order valence-corrected chi connectivity index (χ3v) is 3.73. The second kappa shape index (κ2) is 7.34. The fourth-order valence-electron chi connectivity index (χ4n) is 1.44. The number of nitrogens with two attached hydrogens (primary N) is 1. The molecule has 0 unspecified atom stereocenters. The molecule has 108 valence electrons. The minimum absolute atomic E-state index is 0.134. The molecule has 0 aliphatic heterocycles. The first-order valence-corrected chi connectivity index (χ1v) is 7.20. The van der Waals surface area contributed by atoms with Gasteiger partial charge in [0.25, 0.3) is 0 Å². The Labute approximate surface area is 124 Å². The van der Waals surface area contributed by atoms with Gasteiger partial charge in [-0.15, -0.1) is 0 Å². The van der Waals surface area contributed by atoms with Crippen molar-refractivity contribution in [2.75, 3.05) is 13.2 Å². The van der Waals surface area contributed by atoms with E-state index in [1.54, 1.807) is 18.2 Å². The Morgan fingerprint density at radius 2 is 2.05 bits per heavy atom. The van der Waals surface area contributed by atoms with Gasteiger partial charge in [-0.25, -0.2) is 0 Å². The summed E-state index contributed by atoms with van der Waals surface area (Å²) in [7, 11) is 0. The highest BCUT2D eigenvalue weighted by Crippen LogP contribution is 2.27. The van der Waals surface area contributed by atoms with Crippen LogP contribution in [0.1, 0.15) is 27.2 Å². The van der Waals surface area contributed by atoms with Crippen LogP contribution in [0.4, 0.5) is 0 Å². The van der Waals surface area contributed by atoms with Crippen molar-refractivity contribution < 1.29 is 15.2 Å². The Kier molecular flexibility index (Phi) is 6.40. The predicted molar refractivity (Wildman–Crippen MR) is 79.1 cm³/mol. The predicted octanol–water partition coefficient (Wildman–Crippen LogP) is 2.49. The first kappa shape index (κ1) is 16.6. The summed E-state index contributed by atoms with van der Waals surface area (Å²) in [5.41, 5.74) is 0.134. The molecule has 1 aromatic rings. The van der Waals surface area contributed by atoms with E-state index in [0.717, 1.165) is 6.42 Å². The van der Waals surface area contributed by atoms with Gasteiger partial charge in [0.1, 0.15) is 25.0 Å². The van der Waals surface area contributed by atoms with E-state index in [0.29, 0.717) is 22.3 Å². The van der Waals surface area contributed by atoms with Gasteiger partial charge in [-0.05, 0) is 32.4 Å². The van der Waals surface area contributed by atoms with Gasteiger partial charge in [-0.2, -0.15) is 0 Å². The average Bonchev–Trinajstić information content (AvgIpc) is 2.37. The second-order valence-electron chi connectivity index (χ2n) is 5.32. The molecule has 0 aliphatic rings. The molecule has 3 N–H and O–H groups in total. The van der Waals surface area contributed by atoms with E-state index >= 15 is 0 Å². The largest absolute Gasteiger partial charge is 0.489 e. The van der Waals surface area contributed by atoms with E-state index in [-0.39, 0.29) is 12.1 Å². The number of hydrogen-bond donors (Lipinski definition) is 2. The smallest absolute Gasteiger partial charge is 0.139 e. The maximum atomic E-state index is 9.90. The number of aliphatic hydroxyl groups excluding tert-OH is 1. The molecule has 0 heterocycles. The van der Waals surface area contributed by atoms with Crippen molar-refractivity contribution in [3.8, 4) is 5.75 Å². The first-order valence-electron chi connectivity index (χ1n) is 6.44. The lowest BCUT2D eigenvalue weighted by molar-refractivity contribution is -0.725. The van der Waals surface area contributed by atoms with E-state index in [1.165, 1.54) is 0 Å². The zero-order valence-corrected chi connectivity index (χ0v) is 13.1. The Morgan fingerprint density at radius 3 is 2.68 bits per heavy atom. The number of hydrogen-bond acceptors (Lipinski definition) is 2. The van der Waals surface area contributed by atoms with Crippen molar-refractivity contribution in [3.63, 3.8) is 0 Å². The SMILES string of the molecule is CCC(C)(C)[NH2+]C[C@H](O)COc1cc(Cl)ccc1Cl. The Bertz CT molecular complexity index is 410. The summed E-state index contributed by atoms with van der Waals surface area (Å²) in [6, 6.07) is 5.03. The molecule has 0 fully saturated rings. The molecule has 0 amide bonds. The van der Waals surface area contributed by atoms with Gasteiger partial charge in [0.15, 0.2) is 0 Å². The molecule has 0 bridgehead atoms. The molecule has 3 nitrogen and oxygen atoms in total. The monoisotopic (exact) mass is 306 g/mol. The molecule has 1 atom stereocenters. The number of quaternary nitrogens is 1. The van der Waals surface area contributed by atoms with Crippen LogP contribution in [-0.2, 0) is 0 Å². The summed E-state index contributed by atoms with van der Waals surface area (Å²) >= 11 is 11.8. The van der Waals surface area contributed by atoms with Crippen molar-refractivity contribution in [3.05, 3.63) is 28.2 Å². The van der Waals surface area contributed by atoms with Crippen molar-refractivity contribution in [1.29, 1.82) is 0 Å². The summed E-state index contributed by atoms with van der Waals surface area (Å²) in [4.78, 5) is 0. The second-order valence-corrected chi connectivity index (χ2v) is 6.17. The van der Waals surface area contributed by atoms with E-state index in [2.05, 4.69) is 26.1 Å². The minimum Gasteiger partial charge on any atom is -0.489 e. The number of ether oxygens (including phenoxy) is 1. The molecule has 0 aliphatic carbocycles. The van der Waals surface area contributed by atoms with E-state index in [1.807, 2.05) is 0 Å². The van der Waals surface area contributed by atoms with Crippen molar-refractivity contribution in [2.24, 2.45) is 0 Å². The Morgan fingerprint density at radius 1 is 1.37 bits per heavy atom. The molecule has 0 saturated heterocycles. The van der Waals surface area contributed by atoms with E-state index in [9.17, 15) is 5.11 Å². The molecule has 1 rings (SSSR count). The van der Waals surface area contributed by atoms with Crippen LogP contribution in [0.2, 0.25) is 10.0 Å². The van der Waals surface area contributed by atoms with Crippen LogP contribution in [0.15, 0.2) is 18.2 Å². The zero-order chi connectivity index (χ0) is 14.5. The highest BCUT2D eigenvalue weighted by Gasteiger charge is 2.20. The summed E-state index contributed by atoms with van der Waals surface area (Å²) in [5, 5.41) is 13.1. The summed E-state index contributed by atoms with van der Waals surface area (Å²) in [5.74, 6) is 0.503. The maximum Gasteiger partial charge on any atom is 0.139 e. The third-order valence-electron chi connectivity index (χ3n) is 3.18. The molecule has 5 heteroatoms. The maximum absolute atomic E-state index is 9.90. The molecule has 19 heavy (non-hydrogen) atoms. The molecule has 0 radical (unpaired) electrons. The van der Waals surface area contributed by atoms with Gasteiger partial charge >= 0.3 is 0 Å². The minimum atomic E-state index is -0.541. The van der Waals surface area contributed by atoms with Crippen molar-refractivity contribution in [1.82, 2.24) is 0 Å². The van der Waals surface area contributed by atoms with Crippen LogP contribution in [-0.4, -0.2) is 29.9 Å². The summed E-state index contributed by atoms with van der Waals surface area (Å²) < 4.78 is 5.49. The lowest BCUT2D eigenvalue weighted by atomic mass is 10.0. The van der Waals surface area contributed by atoms with Crippen LogP contribution >= 0.6 is 23.2 Å². The number of halogens is 2. The van der Waals surface area contributed by atoms with Crippen molar-refractivity contribution >= 4 is 23.2 Å². The van der Waals surface area contributed by atoms with Crippen molar-refractivity contribution in [2.45, 2.75) is 38.8 Å². The Hall–Kier alpha value is -0.480. The standard InChI is InChI=1S/C14H21Cl2NO2/c1-4-14(2,3)17-8-11(18)9-19-13-7-10(15)5-6-12(13)16/h5-7,11,17-18H,4,8-9H2,1-3H3/p+1/t11-/m0/s1. The molecular formula is C14H22Cl2NO2+. The summed E-state index contributed by atoms with van der Waals surface area (Å²) in [6.07, 6.45) is 0.502. The van der Waals surface area contributed by atoms with Crippen LogP contribution in [0.3, 0.4) is 0 Å². The first-order chi connectivity index (χ1) is 8.84. The molecule has 1 aromatic carbocycles. The van der Waals surface area contributed by atoms with Gasteiger partial charge in [0.2, 0.25) is 0 Å². The van der Waals surface area contributed by atoms with Crippen LogP contribution in [0.25, 0.3) is 0 Å². The highest BCUT2D eigenvalue weighted by atomic mass is 35.5. The van der Waals surface area contributed by atoms with Gasteiger partial charge in [0.05, 0.1) is 10.6 Å². The van der Waals surface area contributed by atoms with Gasteiger partial charge in [-0.3, -0.25) is 0 Å². The fourth-order valence-corrected chi connectivity index (χ4v) is 1.78. The number of benzene rings is 1. The lowest BCUT2D eigenvalue weighted by Gasteiger charge is -2.22. The lowest BCUT2D eigenvalue weighted by Crippen LogP contribution is -2.96. The zero-order valence-electron chi connectivity index (χ0n) is 11.6. The fraction of sp³-hybridized carbons (Fsp3) is 0.571. The topological polar surface area (TPSA) is 46.1 Å². The van der Waals surface area contributed by atoms with Gasteiger partial charge in [-0.1, -0.05) is 30.1 Å². The normalized spacial score (nSPS) is 13.4. The van der Waals surface area contributed by atoms with E-state index < -0.39 is 6.10 Å². The average molecular weight is 307 g/mol. The van der Waals surface area contributed by atoms with Crippen LogP contribution in [0.5, 0.6) is 5.75 Å². The van der Waals surface area contributed by atoms with Gasteiger partial charge < -0.3 is 15.2 Å². The summed E-state index contributed by atoms with van der Waals surface area (Å²) in [6.45, 7) is 7.23. The Balaban J connectivity index is 2.42. The molecule has 0 aromatic heterocycles.